The van der Waals surface area contributed by atoms with Gasteiger partial charge in [-0.3, -0.25) is 0 Å². The van der Waals surface area contributed by atoms with E-state index in [2.05, 4.69) is 0 Å². The van der Waals surface area contributed by atoms with Gasteiger partial charge in [-0.2, -0.15) is 0 Å². The number of benzene rings is 2. The van der Waals surface area contributed by atoms with Gasteiger partial charge in [-0.25, -0.2) is 0 Å². The van der Waals surface area contributed by atoms with Crippen molar-refractivity contribution in [3.05, 3.63) is 41.5 Å². The number of hydrogen-bond donors (Lipinski definition) is 3. The number of aryl methyl sites for hydroxylation is 2. The van der Waals surface area contributed by atoms with E-state index in [4.69, 9.17) is 0 Å². The zero-order chi connectivity index (χ0) is 14.0. The second kappa shape index (κ2) is 5.22. The van der Waals surface area contributed by atoms with Crippen LogP contribution in [-0.4, -0.2) is 15.3 Å². The molecule has 2 aromatic carbocycles. The summed E-state index contributed by atoms with van der Waals surface area (Å²) < 4.78 is 0. The van der Waals surface area contributed by atoms with Crippen LogP contribution in [0.3, 0.4) is 0 Å². The lowest BCUT2D eigenvalue weighted by atomic mass is 9.93. The summed E-state index contributed by atoms with van der Waals surface area (Å²) >= 11 is 0. The lowest BCUT2D eigenvalue weighted by molar-refractivity contribution is 0.400. The minimum Gasteiger partial charge on any atom is -0.507 e. The Labute approximate surface area is 112 Å². The molecule has 0 atom stereocenters. The topological polar surface area (TPSA) is 60.7 Å². The van der Waals surface area contributed by atoms with Gasteiger partial charge < -0.3 is 15.3 Å². The maximum absolute atomic E-state index is 10.2. The van der Waals surface area contributed by atoms with Gasteiger partial charge in [0.25, 0.3) is 0 Å². The normalized spacial score (nSPS) is 10.6. The molecule has 0 heterocycles. The lowest BCUT2D eigenvalue weighted by Gasteiger charge is -2.15. The molecule has 0 aliphatic rings. The highest BCUT2D eigenvalue weighted by Gasteiger charge is 2.18. The Morgan fingerprint density at radius 3 is 2.05 bits per heavy atom. The van der Waals surface area contributed by atoms with Gasteiger partial charge in [0.15, 0.2) is 11.5 Å². The monoisotopic (exact) mass is 258 g/mol. The number of rotatable bonds is 3. The van der Waals surface area contributed by atoms with Gasteiger partial charge in [0.2, 0.25) is 0 Å². The molecule has 3 heteroatoms. The highest BCUT2D eigenvalue weighted by Crippen LogP contribution is 2.44. The molecule has 100 valence electrons. The second-order valence-corrected chi connectivity index (χ2v) is 4.49. The average molecular weight is 258 g/mol. The van der Waals surface area contributed by atoms with Crippen LogP contribution in [0.25, 0.3) is 11.1 Å². The minimum atomic E-state index is -0.155. The zero-order valence-electron chi connectivity index (χ0n) is 11.1. The summed E-state index contributed by atoms with van der Waals surface area (Å²) in [7, 11) is 0. The van der Waals surface area contributed by atoms with Gasteiger partial charge in [0, 0.05) is 11.1 Å². The molecule has 0 spiro atoms. The number of para-hydroxylation sites is 1. The van der Waals surface area contributed by atoms with Gasteiger partial charge in [-0.05, 0) is 30.0 Å². The highest BCUT2D eigenvalue weighted by molar-refractivity contribution is 5.81. The van der Waals surface area contributed by atoms with E-state index in [1.165, 1.54) is 0 Å². The Balaban J connectivity index is 2.76. The van der Waals surface area contributed by atoms with Crippen LogP contribution < -0.4 is 0 Å². The molecule has 3 nitrogen and oxygen atoms in total. The molecule has 0 fully saturated rings. The molecular weight excluding hydrogens is 240 g/mol. The van der Waals surface area contributed by atoms with E-state index in [9.17, 15) is 15.3 Å². The van der Waals surface area contributed by atoms with Crippen LogP contribution in [0.1, 0.15) is 25.0 Å². The van der Waals surface area contributed by atoms with Crippen molar-refractivity contribution >= 4 is 0 Å². The van der Waals surface area contributed by atoms with Crippen LogP contribution in [0.5, 0.6) is 17.2 Å². The third-order valence-electron chi connectivity index (χ3n) is 3.37. The first-order valence-electron chi connectivity index (χ1n) is 6.45. The van der Waals surface area contributed by atoms with E-state index in [-0.39, 0.29) is 17.2 Å². The predicted molar refractivity (Wildman–Crippen MR) is 75.6 cm³/mol. The van der Waals surface area contributed by atoms with Crippen LogP contribution in [0.4, 0.5) is 0 Å². The van der Waals surface area contributed by atoms with Gasteiger partial charge in [-0.1, -0.05) is 38.1 Å². The number of aromatic hydroxyl groups is 3. The van der Waals surface area contributed by atoms with E-state index in [1.54, 1.807) is 24.3 Å². The van der Waals surface area contributed by atoms with E-state index >= 15 is 0 Å². The molecule has 0 aromatic heterocycles. The van der Waals surface area contributed by atoms with Gasteiger partial charge in [-0.15, -0.1) is 0 Å². The Morgan fingerprint density at radius 2 is 1.47 bits per heavy atom. The van der Waals surface area contributed by atoms with Gasteiger partial charge in [0.05, 0.1) is 0 Å². The second-order valence-electron chi connectivity index (χ2n) is 4.49. The third-order valence-corrected chi connectivity index (χ3v) is 3.37. The first-order valence-corrected chi connectivity index (χ1v) is 6.45. The summed E-state index contributed by atoms with van der Waals surface area (Å²) in [5.41, 5.74) is 2.67. The van der Waals surface area contributed by atoms with Crippen LogP contribution in [0.2, 0.25) is 0 Å². The molecule has 2 aromatic rings. The van der Waals surface area contributed by atoms with Crippen LogP contribution >= 0.6 is 0 Å². The number of hydrogen-bond acceptors (Lipinski definition) is 3. The van der Waals surface area contributed by atoms with Crippen molar-refractivity contribution in [2.75, 3.05) is 0 Å². The van der Waals surface area contributed by atoms with Gasteiger partial charge in [0.1, 0.15) is 5.75 Å². The molecule has 2 rings (SSSR count). The maximum Gasteiger partial charge on any atom is 0.166 e. The SMILES string of the molecule is CCc1cc(CC)c(-c2ccccc2O)c(O)c1O. The van der Waals surface area contributed by atoms with Crippen LogP contribution in [0, 0.1) is 0 Å². The third kappa shape index (κ3) is 2.24. The highest BCUT2D eigenvalue weighted by atomic mass is 16.3. The van der Waals surface area contributed by atoms with Crippen molar-refractivity contribution in [1.29, 1.82) is 0 Å². The Kier molecular flexibility index (Phi) is 3.65. The van der Waals surface area contributed by atoms with Gasteiger partial charge >= 0.3 is 0 Å². The van der Waals surface area contributed by atoms with Crippen molar-refractivity contribution in [2.45, 2.75) is 26.7 Å². The van der Waals surface area contributed by atoms with E-state index in [0.29, 0.717) is 29.5 Å². The first-order chi connectivity index (χ1) is 9.10. The van der Waals surface area contributed by atoms with Crippen LogP contribution in [0.15, 0.2) is 30.3 Å². The smallest absolute Gasteiger partial charge is 0.166 e. The number of phenolic OH excluding ortho intramolecular Hbond substituents is 3. The summed E-state index contributed by atoms with van der Waals surface area (Å²) in [4.78, 5) is 0. The quantitative estimate of drug-likeness (QED) is 0.737. The molecule has 3 N–H and O–H groups in total. The summed E-state index contributed by atoms with van der Waals surface area (Å²) in [6, 6.07) is 8.70. The number of phenols is 3. The molecule has 0 unspecified atom stereocenters. The summed E-state index contributed by atoms with van der Waals surface area (Å²) in [6.45, 7) is 3.91. The van der Waals surface area contributed by atoms with Crippen molar-refractivity contribution in [3.8, 4) is 28.4 Å². The fraction of sp³-hybridized carbons (Fsp3) is 0.250. The Bertz CT molecular complexity index is 603. The van der Waals surface area contributed by atoms with E-state index in [0.717, 1.165) is 5.56 Å². The first kappa shape index (κ1) is 13.3. The van der Waals surface area contributed by atoms with Crippen molar-refractivity contribution < 1.29 is 15.3 Å². The average Bonchev–Trinajstić information content (AvgIpc) is 2.43. The molecular formula is C16H18O3. The molecule has 0 radical (unpaired) electrons. The summed E-state index contributed by atoms with van der Waals surface area (Å²) in [5, 5.41) is 30.2. The molecule has 0 saturated heterocycles. The Morgan fingerprint density at radius 1 is 0.842 bits per heavy atom. The standard InChI is InChI=1S/C16H18O3/c1-3-10-9-11(4-2)15(18)16(19)14(10)12-7-5-6-8-13(12)17/h5-9,17-19H,3-4H2,1-2H3. The van der Waals surface area contributed by atoms with Crippen molar-refractivity contribution in [3.63, 3.8) is 0 Å². The van der Waals surface area contributed by atoms with Crippen LogP contribution in [-0.2, 0) is 12.8 Å². The summed E-state index contributed by atoms with van der Waals surface area (Å²) in [6.07, 6.45) is 1.36. The molecule has 19 heavy (non-hydrogen) atoms. The molecule has 0 bridgehead atoms. The largest absolute Gasteiger partial charge is 0.507 e. The molecule has 0 aliphatic heterocycles. The van der Waals surface area contributed by atoms with E-state index < -0.39 is 0 Å². The molecule has 0 amide bonds. The Hall–Kier alpha value is -2.16. The fourth-order valence-electron chi connectivity index (χ4n) is 2.31. The zero-order valence-corrected chi connectivity index (χ0v) is 11.1. The maximum atomic E-state index is 10.2. The molecule has 0 saturated carbocycles. The molecule has 0 aliphatic carbocycles. The predicted octanol–water partition coefficient (Wildman–Crippen LogP) is 3.60. The van der Waals surface area contributed by atoms with E-state index in [1.807, 2.05) is 19.9 Å². The minimum absolute atomic E-state index is 0.0937. The van der Waals surface area contributed by atoms with Crippen molar-refractivity contribution in [2.24, 2.45) is 0 Å². The van der Waals surface area contributed by atoms with Crippen molar-refractivity contribution in [1.82, 2.24) is 0 Å². The summed E-state index contributed by atoms with van der Waals surface area (Å²) in [5.74, 6) is -0.160. The lowest BCUT2D eigenvalue weighted by Crippen LogP contribution is -1.94. The fourth-order valence-corrected chi connectivity index (χ4v) is 2.31.